The van der Waals surface area contributed by atoms with Crippen molar-refractivity contribution in [3.63, 3.8) is 0 Å². The van der Waals surface area contributed by atoms with E-state index in [0.29, 0.717) is 23.9 Å². The highest BCUT2D eigenvalue weighted by molar-refractivity contribution is 6.30. The van der Waals surface area contributed by atoms with Gasteiger partial charge in [-0.05, 0) is 52.0 Å². The van der Waals surface area contributed by atoms with Crippen LogP contribution in [0, 0.1) is 0 Å². The maximum absolute atomic E-state index is 12.6. The summed E-state index contributed by atoms with van der Waals surface area (Å²) in [5.41, 5.74) is -1.08. The number of halogens is 1. The number of benzene rings is 1. The summed E-state index contributed by atoms with van der Waals surface area (Å²) in [6, 6.07) is 6.81. The first-order valence-corrected chi connectivity index (χ1v) is 8.07. The molecule has 0 bridgehead atoms. The van der Waals surface area contributed by atoms with Crippen molar-refractivity contribution >= 4 is 23.4 Å². The monoisotopic (exact) mass is 340 g/mol. The van der Waals surface area contributed by atoms with Gasteiger partial charge in [-0.25, -0.2) is 0 Å². The number of carbonyl (C=O) groups excluding carboxylic acids is 2. The SMILES string of the molecule is CCN(CC)C(=O)CN(C)C(=O)C(C)(C)Oc1ccc(Cl)cc1. The van der Waals surface area contributed by atoms with Gasteiger partial charge < -0.3 is 14.5 Å². The smallest absolute Gasteiger partial charge is 0.266 e. The van der Waals surface area contributed by atoms with Gasteiger partial charge >= 0.3 is 0 Å². The van der Waals surface area contributed by atoms with E-state index in [1.165, 1.54) is 4.90 Å². The van der Waals surface area contributed by atoms with E-state index in [4.69, 9.17) is 16.3 Å². The summed E-state index contributed by atoms with van der Waals surface area (Å²) in [7, 11) is 1.61. The van der Waals surface area contributed by atoms with Crippen molar-refractivity contribution < 1.29 is 14.3 Å². The number of amides is 2. The second-order valence-electron chi connectivity index (χ2n) is 5.79. The van der Waals surface area contributed by atoms with Gasteiger partial charge in [0.2, 0.25) is 5.91 Å². The molecule has 1 aromatic rings. The normalized spacial score (nSPS) is 11.0. The molecule has 0 aliphatic carbocycles. The van der Waals surface area contributed by atoms with Gasteiger partial charge in [0, 0.05) is 25.2 Å². The fourth-order valence-electron chi connectivity index (χ4n) is 2.25. The Morgan fingerprint density at radius 3 is 2.13 bits per heavy atom. The molecule has 0 radical (unpaired) electrons. The fourth-order valence-corrected chi connectivity index (χ4v) is 2.38. The standard InChI is InChI=1S/C17H25ClN2O3/c1-6-20(7-2)15(21)12-19(5)16(22)17(3,4)23-14-10-8-13(18)9-11-14/h8-11H,6-7,12H2,1-5H3. The zero-order valence-electron chi connectivity index (χ0n) is 14.4. The van der Waals surface area contributed by atoms with E-state index < -0.39 is 5.60 Å². The molecule has 0 atom stereocenters. The van der Waals surface area contributed by atoms with Crippen molar-refractivity contribution in [2.45, 2.75) is 33.3 Å². The molecule has 0 aliphatic rings. The molecule has 0 aliphatic heterocycles. The first-order chi connectivity index (χ1) is 10.7. The van der Waals surface area contributed by atoms with Gasteiger partial charge in [-0.2, -0.15) is 0 Å². The molecule has 1 aromatic carbocycles. The van der Waals surface area contributed by atoms with E-state index in [0.717, 1.165) is 0 Å². The maximum Gasteiger partial charge on any atom is 0.266 e. The second-order valence-corrected chi connectivity index (χ2v) is 6.23. The molecule has 23 heavy (non-hydrogen) atoms. The third-order valence-corrected chi connectivity index (χ3v) is 3.79. The molecule has 0 saturated carbocycles. The molecule has 0 saturated heterocycles. The molecule has 0 N–H and O–H groups in total. The highest BCUT2D eigenvalue weighted by atomic mass is 35.5. The molecule has 0 aromatic heterocycles. The van der Waals surface area contributed by atoms with E-state index in [1.54, 1.807) is 50.1 Å². The van der Waals surface area contributed by atoms with Crippen LogP contribution >= 0.6 is 11.6 Å². The maximum atomic E-state index is 12.6. The molecular formula is C17H25ClN2O3. The average Bonchev–Trinajstić information content (AvgIpc) is 2.49. The minimum atomic E-state index is -1.08. The molecule has 0 spiro atoms. The second kappa shape index (κ2) is 8.20. The highest BCUT2D eigenvalue weighted by Gasteiger charge is 2.33. The van der Waals surface area contributed by atoms with Crippen LogP contribution in [0.25, 0.3) is 0 Å². The average molecular weight is 341 g/mol. The summed E-state index contributed by atoms with van der Waals surface area (Å²) in [6.45, 7) is 8.48. The molecule has 2 amide bonds. The summed E-state index contributed by atoms with van der Waals surface area (Å²) in [6.07, 6.45) is 0. The van der Waals surface area contributed by atoms with E-state index in [1.807, 2.05) is 13.8 Å². The first-order valence-electron chi connectivity index (χ1n) is 7.69. The number of rotatable bonds is 7. The van der Waals surface area contributed by atoms with Gasteiger partial charge in [-0.15, -0.1) is 0 Å². The topological polar surface area (TPSA) is 49.9 Å². The number of nitrogens with zero attached hydrogens (tertiary/aromatic N) is 2. The van der Waals surface area contributed by atoms with Crippen molar-refractivity contribution in [1.29, 1.82) is 0 Å². The van der Waals surface area contributed by atoms with Gasteiger partial charge in [0.05, 0.1) is 6.54 Å². The minimum absolute atomic E-state index is 0.0356. The Kier molecular flexibility index (Phi) is 6.88. The van der Waals surface area contributed by atoms with Gasteiger partial charge in [0.15, 0.2) is 5.60 Å². The largest absolute Gasteiger partial charge is 0.478 e. The molecule has 1 rings (SSSR count). The lowest BCUT2D eigenvalue weighted by molar-refractivity contribution is -0.148. The van der Waals surface area contributed by atoms with Crippen molar-refractivity contribution in [3.05, 3.63) is 29.3 Å². The van der Waals surface area contributed by atoms with Crippen molar-refractivity contribution in [3.8, 4) is 5.75 Å². The third-order valence-electron chi connectivity index (χ3n) is 3.54. The summed E-state index contributed by atoms with van der Waals surface area (Å²) in [4.78, 5) is 27.8. The highest BCUT2D eigenvalue weighted by Crippen LogP contribution is 2.22. The minimum Gasteiger partial charge on any atom is -0.478 e. The zero-order valence-corrected chi connectivity index (χ0v) is 15.2. The number of likely N-dealkylation sites (N-methyl/N-ethyl adjacent to an activating group) is 2. The number of hydrogen-bond donors (Lipinski definition) is 0. The van der Waals surface area contributed by atoms with E-state index >= 15 is 0 Å². The lowest BCUT2D eigenvalue weighted by Crippen LogP contribution is -2.50. The summed E-state index contributed by atoms with van der Waals surface area (Å²) in [5, 5.41) is 0.600. The van der Waals surface area contributed by atoms with Crippen LogP contribution in [0.5, 0.6) is 5.75 Å². The lowest BCUT2D eigenvalue weighted by Gasteiger charge is -2.31. The van der Waals surface area contributed by atoms with Crippen LogP contribution in [-0.2, 0) is 9.59 Å². The summed E-state index contributed by atoms with van der Waals surface area (Å²) >= 11 is 5.84. The van der Waals surface area contributed by atoms with Crippen LogP contribution < -0.4 is 4.74 Å². The van der Waals surface area contributed by atoms with E-state index in [9.17, 15) is 9.59 Å². The van der Waals surface area contributed by atoms with Crippen LogP contribution in [0.3, 0.4) is 0 Å². The molecule has 0 heterocycles. The van der Waals surface area contributed by atoms with Gasteiger partial charge in [0.1, 0.15) is 5.75 Å². The number of carbonyl (C=O) groups is 2. The lowest BCUT2D eigenvalue weighted by atomic mass is 10.1. The van der Waals surface area contributed by atoms with E-state index in [2.05, 4.69) is 0 Å². The quantitative estimate of drug-likeness (QED) is 0.767. The van der Waals surface area contributed by atoms with E-state index in [-0.39, 0.29) is 18.4 Å². The van der Waals surface area contributed by atoms with Gasteiger partial charge in [0.25, 0.3) is 5.91 Å². The van der Waals surface area contributed by atoms with Crippen LogP contribution in [0.1, 0.15) is 27.7 Å². The third kappa shape index (κ3) is 5.43. The van der Waals surface area contributed by atoms with Crippen LogP contribution in [0.15, 0.2) is 24.3 Å². The summed E-state index contributed by atoms with van der Waals surface area (Å²) in [5.74, 6) is 0.220. The number of hydrogen-bond acceptors (Lipinski definition) is 3. The Morgan fingerprint density at radius 2 is 1.65 bits per heavy atom. The summed E-state index contributed by atoms with van der Waals surface area (Å²) < 4.78 is 5.76. The van der Waals surface area contributed by atoms with Gasteiger partial charge in [-0.1, -0.05) is 11.6 Å². The Morgan fingerprint density at radius 1 is 1.13 bits per heavy atom. The first kappa shape index (κ1) is 19.3. The molecule has 5 nitrogen and oxygen atoms in total. The fraction of sp³-hybridized carbons (Fsp3) is 0.529. The Hall–Kier alpha value is -1.75. The van der Waals surface area contributed by atoms with Crippen LogP contribution in [0.4, 0.5) is 0 Å². The predicted molar refractivity (Wildman–Crippen MR) is 91.7 cm³/mol. The van der Waals surface area contributed by atoms with Crippen molar-refractivity contribution in [2.24, 2.45) is 0 Å². The molecule has 0 fully saturated rings. The number of ether oxygens (including phenoxy) is 1. The van der Waals surface area contributed by atoms with Crippen LogP contribution in [0.2, 0.25) is 5.02 Å². The van der Waals surface area contributed by atoms with Crippen molar-refractivity contribution in [2.75, 3.05) is 26.7 Å². The van der Waals surface area contributed by atoms with Crippen LogP contribution in [-0.4, -0.2) is 53.9 Å². The Labute approximate surface area is 143 Å². The molecule has 128 valence electrons. The Bertz CT molecular complexity index is 539. The van der Waals surface area contributed by atoms with Gasteiger partial charge in [-0.3, -0.25) is 9.59 Å². The zero-order chi connectivity index (χ0) is 17.6. The molecule has 0 unspecified atom stereocenters. The Balaban J connectivity index is 2.73. The molecule has 6 heteroatoms. The molecular weight excluding hydrogens is 316 g/mol. The van der Waals surface area contributed by atoms with Crippen molar-refractivity contribution in [1.82, 2.24) is 9.80 Å². The predicted octanol–water partition coefficient (Wildman–Crippen LogP) is 2.82.